The van der Waals surface area contributed by atoms with Gasteiger partial charge in [0.15, 0.2) is 0 Å². The second-order valence-corrected chi connectivity index (χ2v) is 8.47. The van der Waals surface area contributed by atoms with E-state index in [9.17, 15) is 9.59 Å². The van der Waals surface area contributed by atoms with Gasteiger partial charge in [0, 0.05) is 12.3 Å². The van der Waals surface area contributed by atoms with E-state index in [1.54, 1.807) is 0 Å². The van der Waals surface area contributed by atoms with Crippen molar-refractivity contribution >= 4 is 12.3 Å². The van der Waals surface area contributed by atoms with Gasteiger partial charge in [-0.3, -0.25) is 9.59 Å². The van der Waals surface area contributed by atoms with Crippen LogP contribution in [0.25, 0.3) is 0 Å². The minimum atomic E-state index is -1.24. The van der Waals surface area contributed by atoms with Gasteiger partial charge in [0.2, 0.25) is 12.3 Å². The van der Waals surface area contributed by atoms with Gasteiger partial charge >= 0.3 is 0 Å². The molecule has 3 unspecified atom stereocenters. The SMILES string of the molecule is O=CN/C=C\C(=O)NC1CCC(F)C(COC(c2ccccc2)(c2ccccc2)c2ccccc2)O1. The number of carbonyl (C=O) groups is 2. The summed E-state index contributed by atoms with van der Waals surface area (Å²) in [7, 11) is 0. The summed E-state index contributed by atoms with van der Waals surface area (Å²) in [4.78, 5) is 22.4. The van der Waals surface area contributed by atoms with Crippen molar-refractivity contribution in [1.82, 2.24) is 10.6 Å². The number of benzene rings is 3. The maximum Gasteiger partial charge on any atom is 0.247 e. The highest BCUT2D eigenvalue weighted by Crippen LogP contribution is 2.41. The lowest BCUT2D eigenvalue weighted by Crippen LogP contribution is -2.48. The van der Waals surface area contributed by atoms with Crippen LogP contribution in [0.15, 0.2) is 103 Å². The van der Waals surface area contributed by atoms with Crippen molar-refractivity contribution in [2.75, 3.05) is 6.61 Å². The number of halogens is 1. The van der Waals surface area contributed by atoms with Crippen LogP contribution in [0.4, 0.5) is 4.39 Å². The number of ether oxygens (including phenoxy) is 2. The molecule has 6 nitrogen and oxygen atoms in total. The molecule has 36 heavy (non-hydrogen) atoms. The Hall–Kier alpha value is -3.81. The van der Waals surface area contributed by atoms with Gasteiger partial charge in [-0.15, -0.1) is 0 Å². The fraction of sp³-hybridized carbons (Fsp3) is 0.241. The summed E-state index contributed by atoms with van der Waals surface area (Å²) < 4.78 is 27.6. The first-order valence-corrected chi connectivity index (χ1v) is 11.9. The van der Waals surface area contributed by atoms with Gasteiger partial charge in [0.05, 0.1) is 6.61 Å². The Morgan fingerprint density at radius 3 is 1.94 bits per heavy atom. The van der Waals surface area contributed by atoms with Gasteiger partial charge in [-0.05, 0) is 29.5 Å². The van der Waals surface area contributed by atoms with Crippen molar-refractivity contribution in [3.05, 3.63) is 120 Å². The quantitative estimate of drug-likeness (QED) is 0.255. The number of rotatable bonds is 10. The van der Waals surface area contributed by atoms with E-state index in [1.165, 1.54) is 12.3 Å². The number of hydrogen-bond acceptors (Lipinski definition) is 4. The van der Waals surface area contributed by atoms with Gasteiger partial charge in [-0.25, -0.2) is 4.39 Å². The Labute approximate surface area is 210 Å². The van der Waals surface area contributed by atoms with E-state index in [0.29, 0.717) is 12.8 Å². The molecule has 186 valence electrons. The zero-order valence-electron chi connectivity index (χ0n) is 19.8. The number of alkyl halides is 1. The lowest BCUT2D eigenvalue weighted by atomic mass is 9.80. The van der Waals surface area contributed by atoms with Crippen molar-refractivity contribution in [3.63, 3.8) is 0 Å². The van der Waals surface area contributed by atoms with E-state index in [1.807, 2.05) is 91.0 Å². The average molecular weight is 489 g/mol. The summed E-state index contributed by atoms with van der Waals surface area (Å²) in [5.74, 6) is -0.446. The summed E-state index contributed by atoms with van der Waals surface area (Å²) in [6.07, 6.45) is 0.624. The second-order valence-electron chi connectivity index (χ2n) is 8.47. The van der Waals surface area contributed by atoms with Gasteiger partial charge in [0.25, 0.3) is 0 Å². The molecule has 2 N–H and O–H groups in total. The van der Waals surface area contributed by atoms with Crippen molar-refractivity contribution in [1.29, 1.82) is 0 Å². The van der Waals surface area contributed by atoms with Crippen LogP contribution in [0.2, 0.25) is 0 Å². The van der Waals surface area contributed by atoms with E-state index in [2.05, 4.69) is 10.6 Å². The molecule has 1 saturated heterocycles. The predicted molar refractivity (Wildman–Crippen MR) is 134 cm³/mol. The largest absolute Gasteiger partial charge is 0.358 e. The molecule has 0 bridgehead atoms. The highest BCUT2D eigenvalue weighted by atomic mass is 19.1. The van der Waals surface area contributed by atoms with Crippen LogP contribution in [0.1, 0.15) is 29.5 Å². The third-order valence-corrected chi connectivity index (χ3v) is 6.15. The van der Waals surface area contributed by atoms with Crippen molar-refractivity contribution in [2.45, 2.75) is 36.9 Å². The molecule has 1 aliphatic rings. The molecular formula is C29H29FN2O4. The van der Waals surface area contributed by atoms with E-state index < -0.39 is 30.0 Å². The average Bonchev–Trinajstić information content (AvgIpc) is 2.93. The van der Waals surface area contributed by atoms with Crippen molar-refractivity contribution in [2.24, 2.45) is 0 Å². The lowest BCUT2D eigenvalue weighted by molar-refractivity contribution is -0.154. The van der Waals surface area contributed by atoms with Gasteiger partial charge in [0.1, 0.15) is 24.1 Å². The van der Waals surface area contributed by atoms with Gasteiger partial charge < -0.3 is 20.1 Å². The highest BCUT2D eigenvalue weighted by molar-refractivity contribution is 5.87. The Morgan fingerprint density at radius 1 is 0.917 bits per heavy atom. The lowest BCUT2D eigenvalue weighted by Gasteiger charge is -2.39. The molecule has 7 heteroatoms. The fourth-order valence-corrected chi connectivity index (χ4v) is 4.46. The third-order valence-electron chi connectivity index (χ3n) is 6.15. The molecule has 0 radical (unpaired) electrons. The van der Waals surface area contributed by atoms with Crippen molar-refractivity contribution < 1.29 is 23.5 Å². The predicted octanol–water partition coefficient (Wildman–Crippen LogP) is 4.21. The Morgan fingerprint density at radius 2 is 1.44 bits per heavy atom. The molecule has 3 atom stereocenters. The second kappa shape index (κ2) is 12.2. The summed E-state index contributed by atoms with van der Waals surface area (Å²) in [5, 5.41) is 4.97. The van der Waals surface area contributed by atoms with Crippen LogP contribution < -0.4 is 10.6 Å². The molecule has 3 aromatic carbocycles. The molecular weight excluding hydrogens is 459 g/mol. The minimum Gasteiger partial charge on any atom is -0.358 e. The zero-order valence-corrected chi connectivity index (χ0v) is 19.8. The molecule has 0 spiro atoms. The Bertz CT molecular complexity index is 1050. The maximum atomic E-state index is 15.0. The summed E-state index contributed by atoms with van der Waals surface area (Å²) in [6.45, 7) is -0.0330. The van der Waals surface area contributed by atoms with Crippen LogP contribution in [-0.2, 0) is 24.7 Å². The smallest absolute Gasteiger partial charge is 0.247 e. The fourth-order valence-electron chi connectivity index (χ4n) is 4.46. The zero-order chi connectivity index (χ0) is 25.2. The van der Waals surface area contributed by atoms with Crippen molar-refractivity contribution in [3.8, 4) is 0 Å². The third kappa shape index (κ3) is 5.87. The topological polar surface area (TPSA) is 76.7 Å². The van der Waals surface area contributed by atoms with E-state index in [-0.39, 0.29) is 13.0 Å². The van der Waals surface area contributed by atoms with Gasteiger partial charge in [-0.2, -0.15) is 0 Å². The summed E-state index contributed by atoms with van der Waals surface area (Å²) >= 11 is 0. The number of amides is 2. The monoisotopic (exact) mass is 488 g/mol. The minimum absolute atomic E-state index is 0.0330. The van der Waals surface area contributed by atoms with E-state index in [4.69, 9.17) is 9.47 Å². The first-order valence-electron chi connectivity index (χ1n) is 11.9. The molecule has 3 aromatic rings. The molecule has 0 saturated carbocycles. The van der Waals surface area contributed by atoms with E-state index >= 15 is 4.39 Å². The maximum absolute atomic E-state index is 15.0. The highest BCUT2D eigenvalue weighted by Gasteiger charge is 2.40. The van der Waals surface area contributed by atoms with Crippen LogP contribution in [0.3, 0.4) is 0 Å². The molecule has 0 aromatic heterocycles. The molecule has 2 amide bonds. The number of carbonyl (C=O) groups excluding carboxylic acids is 2. The van der Waals surface area contributed by atoms with Crippen LogP contribution in [-0.4, -0.2) is 37.4 Å². The molecule has 4 rings (SSSR count). The normalized spacial score (nSPS) is 20.1. The molecule has 1 fully saturated rings. The molecule has 1 aliphatic heterocycles. The van der Waals surface area contributed by atoms with E-state index in [0.717, 1.165) is 16.7 Å². The first kappa shape index (κ1) is 25.3. The molecule has 1 heterocycles. The van der Waals surface area contributed by atoms with Gasteiger partial charge in [-0.1, -0.05) is 91.0 Å². The summed E-state index contributed by atoms with van der Waals surface area (Å²) in [6, 6.07) is 29.5. The van der Waals surface area contributed by atoms with Crippen LogP contribution >= 0.6 is 0 Å². The van der Waals surface area contributed by atoms with Crippen LogP contribution in [0.5, 0.6) is 0 Å². The number of nitrogens with one attached hydrogen (secondary N) is 2. The Balaban J connectivity index is 1.61. The Kier molecular flexibility index (Phi) is 8.60. The first-order chi connectivity index (χ1) is 17.6. The number of hydrogen-bond donors (Lipinski definition) is 2. The summed E-state index contributed by atoms with van der Waals surface area (Å²) in [5.41, 5.74) is 1.73. The van der Waals surface area contributed by atoms with Crippen LogP contribution in [0, 0.1) is 0 Å². The standard InChI is InChI=1S/C29H29FN2O4/c30-25-16-17-28(32-27(34)18-19-31-21-33)36-26(25)20-35-29(22-10-4-1-5-11-22,23-12-6-2-7-13-23)24-14-8-3-9-15-24/h1-15,18-19,21,25-26,28H,16-17,20H2,(H,31,33)(H,32,34)/b19-18-. The molecule has 0 aliphatic carbocycles.